The Kier molecular flexibility index (Phi) is 20.6. The van der Waals surface area contributed by atoms with Crippen molar-refractivity contribution in [2.45, 2.75) is 64.5 Å². The van der Waals surface area contributed by atoms with Gasteiger partial charge < -0.3 is 52.6 Å². The van der Waals surface area contributed by atoms with Crippen LogP contribution >= 0.6 is 23.2 Å². The maximum Gasteiger partial charge on any atom is 0.308 e. The second-order valence-electron chi connectivity index (χ2n) is 16.0. The predicted molar refractivity (Wildman–Crippen MR) is 241 cm³/mol. The van der Waals surface area contributed by atoms with Gasteiger partial charge in [0.05, 0.1) is 102 Å². The zero-order valence-corrected chi connectivity index (χ0v) is 38.5. The second-order valence-corrected chi connectivity index (χ2v) is 16.9. The summed E-state index contributed by atoms with van der Waals surface area (Å²) >= 11 is 13.4. The highest BCUT2D eigenvalue weighted by Gasteiger charge is 2.36. The molecule has 3 aromatic rings. The number of halogens is 2. The van der Waals surface area contributed by atoms with Crippen molar-refractivity contribution in [1.82, 2.24) is 9.88 Å². The third-order valence-electron chi connectivity index (χ3n) is 9.95. The fourth-order valence-corrected chi connectivity index (χ4v) is 7.08. The summed E-state index contributed by atoms with van der Waals surface area (Å²) < 4.78 is 44.5. The number of ether oxygens (including phenoxy) is 8. The minimum Gasteiger partial charge on any atom is -0.460 e. The zero-order valence-electron chi connectivity index (χ0n) is 37.0. The van der Waals surface area contributed by atoms with Crippen molar-refractivity contribution >= 4 is 52.4 Å². The molecule has 346 valence electrons. The molecule has 0 bridgehead atoms. The number of aromatic nitrogens is 1. The number of amides is 2. The van der Waals surface area contributed by atoms with E-state index in [4.69, 9.17) is 61.1 Å². The predicted octanol–water partition coefficient (Wildman–Crippen LogP) is 7.03. The van der Waals surface area contributed by atoms with Crippen LogP contribution in [0.5, 0.6) is 11.5 Å². The molecule has 0 atom stereocenters. The Bertz CT molecular complexity index is 1910. The summed E-state index contributed by atoms with van der Waals surface area (Å²) in [6.07, 6.45) is 6.23. The Balaban J connectivity index is 0.889. The molecule has 5 rings (SSSR count). The number of pyridine rings is 1. The molecule has 2 heterocycles. The maximum absolute atomic E-state index is 14.0. The van der Waals surface area contributed by atoms with Crippen LogP contribution in [0.25, 0.3) is 0 Å². The minimum absolute atomic E-state index is 0.0612. The number of aryl methyl sites for hydroxylation is 1. The van der Waals surface area contributed by atoms with Gasteiger partial charge in [-0.3, -0.25) is 19.4 Å². The van der Waals surface area contributed by atoms with Gasteiger partial charge in [-0.2, -0.15) is 0 Å². The van der Waals surface area contributed by atoms with Gasteiger partial charge in [-0.1, -0.05) is 35.3 Å². The zero-order chi connectivity index (χ0) is 45.0. The normalized spacial score (nSPS) is 13.8. The Morgan fingerprint density at radius 2 is 1.32 bits per heavy atom. The lowest BCUT2D eigenvalue weighted by Crippen LogP contribution is -2.45. The molecular weight excluding hydrogens is 855 g/mol. The smallest absolute Gasteiger partial charge is 0.308 e. The average Bonchev–Trinajstić information content (AvgIpc) is 4.11. The van der Waals surface area contributed by atoms with Crippen LogP contribution in [0.3, 0.4) is 0 Å². The van der Waals surface area contributed by atoms with E-state index >= 15 is 0 Å². The third-order valence-corrected chi connectivity index (χ3v) is 10.6. The van der Waals surface area contributed by atoms with Gasteiger partial charge in [0.15, 0.2) is 0 Å². The average molecular weight is 918 g/mol. The van der Waals surface area contributed by atoms with Gasteiger partial charge >= 0.3 is 5.97 Å². The van der Waals surface area contributed by atoms with Crippen molar-refractivity contribution in [3.05, 3.63) is 76.0 Å². The number of fused-ring (bicyclic) bond motifs is 1. The van der Waals surface area contributed by atoms with Crippen molar-refractivity contribution in [2.24, 2.45) is 0 Å². The fourth-order valence-electron chi connectivity index (χ4n) is 6.60. The highest BCUT2D eigenvalue weighted by Crippen LogP contribution is 2.41. The van der Waals surface area contributed by atoms with E-state index in [2.05, 4.69) is 16.0 Å². The molecule has 0 spiro atoms. The molecule has 1 aliphatic heterocycles. The molecule has 1 fully saturated rings. The lowest BCUT2D eigenvalue weighted by molar-refractivity contribution is -0.156. The SMILES string of the molecule is CN(CCOCCOCCOCCOCCOCCOCCC(=O)OC(C)(C)C)C(=O)CCc1cc(Cl)c(Oc2ccncc2C(=O)N2CCN(C3CC3)c3ccccc32)cc1Cl. The van der Waals surface area contributed by atoms with Crippen LogP contribution in [-0.4, -0.2) is 145 Å². The summed E-state index contributed by atoms with van der Waals surface area (Å²) in [4.78, 5) is 48.5. The Labute approximate surface area is 381 Å². The fraction of sp³-hybridized carbons (Fsp3) is 0.565. The Hall–Kier alpha value is -4.06. The van der Waals surface area contributed by atoms with E-state index in [-0.39, 0.29) is 30.6 Å². The molecule has 1 aromatic heterocycles. The molecule has 15 nitrogen and oxygen atoms in total. The number of hydrogen-bond donors (Lipinski definition) is 0. The van der Waals surface area contributed by atoms with E-state index in [0.717, 1.165) is 17.9 Å². The van der Waals surface area contributed by atoms with Gasteiger partial charge in [0.25, 0.3) is 5.91 Å². The van der Waals surface area contributed by atoms with Gasteiger partial charge in [-0.25, -0.2) is 0 Å². The molecule has 0 saturated heterocycles. The van der Waals surface area contributed by atoms with E-state index in [1.165, 1.54) is 19.0 Å². The first-order valence-corrected chi connectivity index (χ1v) is 22.4. The number of esters is 1. The van der Waals surface area contributed by atoms with Gasteiger partial charge in [0.2, 0.25) is 5.91 Å². The summed E-state index contributed by atoms with van der Waals surface area (Å²) in [5.41, 5.74) is 2.45. The Morgan fingerprint density at radius 1 is 0.730 bits per heavy atom. The number of nitrogens with zero attached hydrogens (tertiary/aromatic N) is 4. The lowest BCUT2D eigenvalue weighted by atomic mass is 10.1. The largest absolute Gasteiger partial charge is 0.460 e. The molecule has 0 unspecified atom stereocenters. The monoisotopic (exact) mass is 916 g/mol. The van der Waals surface area contributed by atoms with Crippen LogP contribution in [0, 0.1) is 0 Å². The van der Waals surface area contributed by atoms with Crippen LogP contribution in [0.15, 0.2) is 54.9 Å². The van der Waals surface area contributed by atoms with Crippen molar-refractivity contribution in [2.75, 3.05) is 116 Å². The summed E-state index contributed by atoms with van der Waals surface area (Å²) in [6.45, 7) is 12.1. The summed E-state index contributed by atoms with van der Waals surface area (Å²) in [6, 6.07) is 13.5. The lowest BCUT2D eigenvalue weighted by Gasteiger charge is -2.38. The molecule has 2 aromatic carbocycles. The molecule has 0 radical (unpaired) electrons. The van der Waals surface area contributed by atoms with E-state index < -0.39 is 5.60 Å². The number of carbonyl (C=O) groups excluding carboxylic acids is 3. The van der Waals surface area contributed by atoms with Gasteiger partial charge in [0.1, 0.15) is 22.7 Å². The highest BCUT2D eigenvalue weighted by molar-refractivity contribution is 6.34. The van der Waals surface area contributed by atoms with Crippen molar-refractivity contribution < 1.29 is 52.3 Å². The van der Waals surface area contributed by atoms with Crippen molar-refractivity contribution in [3.63, 3.8) is 0 Å². The number of carbonyl (C=O) groups is 3. The third kappa shape index (κ3) is 17.1. The first-order valence-electron chi connectivity index (χ1n) is 21.6. The summed E-state index contributed by atoms with van der Waals surface area (Å²) in [7, 11) is 1.73. The first kappa shape index (κ1) is 49.9. The highest BCUT2D eigenvalue weighted by atomic mass is 35.5. The minimum atomic E-state index is -0.492. The van der Waals surface area contributed by atoms with Crippen molar-refractivity contribution in [1.29, 1.82) is 0 Å². The number of hydrogen-bond acceptors (Lipinski definition) is 13. The number of benzene rings is 2. The van der Waals surface area contributed by atoms with Gasteiger partial charge in [-0.15, -0.1) is 0 Å². The van der Waals surface area contributed by atoms with Gasteiger partial charge in [0, 0.05) is 62.6 Å². The van der Waals surface area contributed by atoms with Gasteiger partial charge in [-0.05, 0) is 69.9 Å². The van der Waals surface area contributed by atoms with Crippen LogP contribution in [0.1, 0.15) is 62.4 Å². The van der Waals surface area contributed by atoms with E-state index in [1.807, 2.05) is 39.0 Å². The standard InChI is InChI=1S/C46H62Cl2N4O11/c1-46(2,3)63-44(54)14-19-56-21-23-58-25-27-60-29-30-61-28-26-59-24-22-57-20-18-50(4)43(53)12-9-34-31-38(48)42(32-37(34)47)62-41-13-15-49-33-36(41)45(55)52-17-16-51(35-10-11-35)39-7-5-6-8-40(39)52/h5-8,13,15,31-33,35H,9-12,14,16-30H2,1-4H3. The maximum atomic E-state index is 14.0. The van der Waals surface area contributed by atoms with Crippen LogP contribution < -0.4 is 14.5 Å². The van der Waals surface area contributed by atoms with Crippen LogP contribution in [0.4, 0.5) is 11.4 Å². The molecule has 0 N–H and O–H groups in total. The molecule has 2 amide bonds. The van der Waals surface area contributed by atoms with E-state index in [9.17, 15) is 14.4 Å². The molecular formula is C46H62Cl2N4O11. The Morgan fingerprint density at radius 3 is 1.92 bits per heavy atom. The topological polar surface area (TPSA) is 148 Å². The van der Waals surface area contributed by atoms with Crippen LogP contribution in [-0.2, 0) is 49.2 Å². The first-order chi connectivity index (χ1) is 30.4. The molecule has 1 saturated carbocycles. The number of likely N-dealkylation sites (N-methyl/N-ethyl adjacent to an activating group) is 1. The van der Waals surface area contributed by atoms with E-state index in [0.29, 0.717) is 138 Å². The molecule has 17 heteroatoms. The summed E-state index contributed by atoms with van der Waals surface area (Å²) in [5, 5.41) is 0.700. The number of rotatable bonds is 28. The molecule has 2 aliphatic rings. The van der Waals surface area contributed by atoms with E-state index in [1.54, 1.807) is 41.2 Å². The number of anilines is 2. The second kappa shape index (κ2) is 26.0. The quantitative estimate of drug-likeness (QED) is 0.0543. The van der Waals surface area contributed by atoms with Crippen LogP contribution in [0.2, 0.25) is 10.0 Å². The van der Waals surface area contributed by atoms with Crippen molar-refractivity contribution in [3.8, 4) is 11.5 Å². The molecule has 63 heavy (non-hydrogen) atoms. The summed E-state index contributed by atoms with van der Waals surface area (Å²) in [5.74, 6) is 0.0525. The molecule has 1 aliphatic carbocycles. The number of para-hydroxylation sites is 2.